The van der Waals surface area contributed by atoms with E-state index >= 15 is 0 Å². The first-order valence-electron chi connectivity index (χ1n) is 8.31. The zero-order chi connectivity index (χ0) is 20.7. The second-order valence-corrected chi connectivity index (χ2v) is 8.79. The molecule has 0 spiro atoms. The van der Waals surface area contributed by atoms with Crippen LogP contribution in [0.2, 0.25) is 5.02 Å². The lowest BCUT2D eigenvalue weighted by atomic mass is 10.0. The maximum Gasteiger partial charge on any atom is 0.299 e. The number of halogens is 2. The van der Waals surface area contributed by atoms with Gasteiger partial charge in [-0.25, -0.2) is 4.39 Å². The molecule has 1 saturated heterocycles. The number of benzene rings is 1. The first-order chi connectivity index (χ1) is 13.0. The fraction of sp³-hybridized carbons (Fsp3) is 0.353. The number of anilines is 2. The van der Waals surface area contributed by atoms with Crippen molar-refractivity contribution in [1.82, 2.24) is 9.29 Å². The minimum atomic E-state index is -3.93. The summed E-state index contributed by atoms with van der Waals surface area (Å²) in [7, 11) is -2.37. The van der Waals surface area contributed by atoms with Crippen LogP contribution in [0.25, 0.3) is 0 Å². The molecular formula is C17H20ClFN4O4S. The first kappa shape index (κ1) is 20.6. The molecule has 0 radical (unpaired) electrons. The number of amides is 1. The van der Waals surface area contributed by atoms with Gasteiger partial charge in [-0.3, -0.25) is 9.52 Å². The Bertz CT molecular complexity index is 1030. The van der Waals surface area contributed by atoms with E-state index < -0.39 is 21.7 Å². The minimum Gasteiger partial charge on any atom is -0.377 e. The van der Waals surface area contributed by atoms with E-state index in [1.165, 1.54) is 29.0 Å². The third-order valence-electron chi connectivity index (χ3n) is 4.22. The van der Waals surface area contributed by atoms with Crippen LogP contribution in [-0.4, -0.2) is 37.6 Å². The highest BCUT2D eigenvalue weighted by atomic mass is 35.5. The van der Waals surface area contributed by atoms with Gasteiger partial charge in [0.1, 0.15) is 11.5 Å². The average molecular weight is 431 g/mol. The van der Waals surface area contributed by atoms with Crippen LogP contribution in [0, 0.1) is 12.7 Å². The molecular weight excluding hydrogens is 411 g/mol. The van der Waals surface area contributed by atoms with Gasteiger partial charge in [0.25, 0.3) is 16.1 Å². The second-order valence-electron chi connectivity index (χ2n) is 7.00. The fourth-order valence-electron chi connectivity index (χ4n) is 2.80. The lowest BCUT2D eigenvalue weighted by Crippen LogP contribution is -2.60. The van der Waals surface area contributed by atoms with E-state index in [-0.39, 0.29) is 35.4 Å². The van der Waals surface area contributed by atoms with Crippen molar-refractivity contribution in [1.29, 1.82) is 0 Å². The van der Waals surface area contributed by atoms with E-state index in [0.717, 1.165) is 0 Å². The molecule has 1 aromatic carbocycles. The summed E-state index contributed by atoms with van der Waals surface area (Å²) in [5, 5.41) is 2.56. The van der Waals surface area contributed by atoms with Crippen LogP contribution in [-0.2, 0) is 22.0 Å². The standard InChI is InChI=1S/C17H20ClFN4O4S/c1-10-6-11(4-5-12(10)19)20-16(24)15-14(18)13(7-23(15)3)21-28(25,26)22-17(2)8-27-9-17/h4-7,21-22H,8-9H2,1-3H3,(H,20,24). The smallest absolute Gasteiger partial charge is 0.299 e. The third-order valence-corrected chi connectivity index (χ3v) is 5.85. The molecule has 0 bridgehead atoms. The number of rotatable bonds is 6. The van der Waals surface area contributed by atoms with Crippen molar-refractivity contribution in [3.05, 3.63) is 46.5 Å². The number of nitrogens with zero attached hydrogens (tertiary/aromatic N) is 1. The van der Waals surface area contributed by atoms with Gasteiger partial charge in [-0.05, 0) is 37.6 Å². The molecule has 2 aromatic rings. The van der Waals surface area contributed by atoms with Crippen molar-refractivity contribution in [2.75, 3.05) is 23.3 Å². The fourth-order valence-corrected chi connectivity index (χ4v) is 4.44. The molecule has 8 nitrogen and oxygen atoms in total. The highest BCUT2D eigenvalue weighted by Crippen LogP contribution is 2.30. The molecule has 1 aliphatic rings. The number of carbonyl (C=O) groups is 1. The Morgan fingerprint density at radius 3 is 2.61 bits per heavy atom. The maximum atomic E-state index is 13.4. The summed E-state index contributed by atoms with van der Waals surface area (Å²) in [6.45, 7) is 3.82. The number of hydrogen-bond donors (Lipinski definition) is 3. The van der Waals surface area contributed by atoms with E-state index in [4.69, 9.17) is 16.3 Å². The van der Waals surface area contributed by atoms with Crippen LogP contribution in [0.1, 0.15) is 23.0 Å². The third kappa shape index (κ3) is 4.30. The molecule has 2 heterocycles. The zero-order valence-electron chi connectivity index (χ0n) is 15.5. The maximum absolute atomic E-state index is 13.4. The van der Waals surface area contributed by atoms with Gasteiger partial charge in [-0.2, -0.15) is 13.1 Å². The van der Waals surface area contributed by atoms with Gasteiger partial charge in [-0.1, -0.05) is 11.6 Å². The van der Waals surface area contributed by atoms with Crippen molar-refractivity contribution >= 4 is 39.1 Å². The molecule has 3 N–H and O–H groups in total. The number of aryl methyl sites for hydroxylation is 2. The number of ether oxygens (including phenoxy) is 1. The molecule has 1 fully saturated rings. The largest absolute Gasteiger partial charge is 0.377 e. The summed E-state index contributed by atoms with van der Waals surface area (Å²) in [6.07, 6.45) is 1.39. The van der Waals surface area contributed by atoms with Gasteiger partial charge in [0.2, 0.25) is 0 Å². The van der Waals surface area contributed by atoms with Crippen LogP contribution < -0.4 is 14.8 Å². The Balaban J connectivity index is 1.79. The Labute approximate surface area is 167 Å². The second kappa shape index (κ2) is 7.36. The van der Waals surface area contributed by atoms with Crippen molar-refractivity contribution in [2.45, 2.75) is 19.4 Å². The molecule has 11 heteroatoms. The van der Waals surface area contributed by atoms with E-state index in [1.807, 2.05) is 0 Å². The number of aromatic nitrogens is 1. The van der Waals surface area contributed by atoms with Gasteiger partial charge in [-0.15, -0.1) is 0 Å². The number of carbonyl (C=O) groups excluding carboxylic acids is 1. The number of nitrogens with one attached hydrogen (secondary N) is 3. The van der Waals surface area contributed by atoms with Crippen LogP contribution in [0.15, 0.2) is 24.4 Å². The quantitative estimate of drug-likeness (QED) is 0.655. The highest BCUT2D eigenvalue weighted by molar-refractivity contribution is 7.90. The molecule has 152 valence electrons. The van der Waals surface area contributed by atoms with Crippen LogP contribution in [0.5, 0.6) is 0 Å². The van der Waals surface area contributed by atoms with Crippen molar-refractivity contribution < 1.29 is 22.3 Å². The molecule has 1 amide bonds. The summed E-state index contributed by atoms with van der Waals surface area (Å²) >= 11 is 6.25. The average Bonchev–Trinajstić information content (AvgIpc) is 2.82. The lowest BCUT2D eigenvalue weighted by Gasteiger charge is -2.38. The predicted octanol–water partition coefficient (Wildman–Crippen LogP) is 2.41. The molecule has 0 aliphatic carbocycles. The first-order valence-corrected chi connectivity index (χ1v) is 10.2. The van der Waals surface area contributed by atoms with Crippen molar-refractivity contribution in [3.8, 4) is 0 Å². The van der Waals surface area contributed by atoms with Gasteiger partial charge >= 0.3 is 0 Å². The van der Waals surface area contributed by atoms with E-state index in [2.05, 4.69) is 14.8 Å². The molecule has 0 saturated carbocycles. The SMILES string of the molecule is Cc1cc(NC(=O)c2c(Cl)c(NS(=O)(=O)NC3(C)COC3)cn2C)ccc1F. The predicted molar refractivity (Wildman–Crippen MR) is 104 cm³/mol. The van der Waals surface area contributed by atoms with Crippen LogP contribution in [0.4, 0.5) is 15.8 Å². The molecule has 1 aliphatic heterocycles. The van der Waals surface area contributed by atoms with Crippen LogP contribution in [0.3, 0.4) is 0 Å². The molecule has 0 atom stereocenters. The van der Waals surface area contributed by atoms with Crippen molar-refractivity contribution in [2.24, 2.45) is 7.05 Å². The van der Waals surface area contributed by atoms with E-state index in [1.54, 1.807) is 20.9 Å². The van der Waals surface area contributed by atoms with Gasteiger partial charge in [0.15, 0.2) is 0 Å². The summed E-state index contributed by atoms with van der Waals surface area (Å²) < 4.78 is 49.3. The molecule has 1 aromatic heterocycles. The summed E-state index contributed by atoms with van der Waals surface area (Å²) in [5.41, 5.74) is 0.195. The summed E-state index contributed by atoms with van der Waals surface area (Å²) in [6, 6.07) is 4.15. The van der Waals surface area contributed by atoms with Gasteiger partial charge in [0, 0.05) is 18.9 Å². The van der Waals surface area contributed by atoms with Crippen molar-refractivity contribution in [3.63, 3.8) is 0 Å². The van der Waals surface area contributed by atoms with E-state index in [0.29, 0.717) is 11.3 Å². The zero-order valence-corrected chi connectivity index (χ0v) is 17.0. The number of hydrogen-bond acceptors (Lipinski definition) is 4. The Morgan fingerprint density at radius 2 is 2.04 bits per heavy atom. The molecule has 3 rings (SSSR count). The van der Waals surface area contributed by atoms with E-state index in [9.17, 15) is 17.6 Å². The molecule has 28 heavy (non-hydrogen) atoms. The summed E-state index contributed by atoms with van der Waals surface area (Å²) in [5.74, 6) is -0.944. The Morgan fingerprint density at radius 1 is 1.36 bits per heavy atom. The Kier molecular flexibility index (Phi) is 5.41. The lowest BCUT2D eigenvalue weighted by molar-refractivity contribution is -0.0522. The Hall–Kier alpha value is -2.14. The van der Waals surface area contributed by atoms with Gasteiger partial charge in [0.05, 0.1) is 29.5 Å². The normalized spacial score (nSPS) is 15.8. The highest BCUT2D eigenvalue weighted by Gasteiger charge is 2.37. The molecule has 0 unspecified atom stereocenters. The summed E-state index contributed by atoms with van der Waals surface area (Å²) in [4.78, 5) is 12.6. The monoisotopic (exact) mass is 430 g/mol. The van der Waals surface area contributed by atoms with Gasteiger partial charge < -0.3 is 14.6 Å². The topological polar surface area (TPSA) is 101 Å². The van der Waals surface area contributed by atoms with Crippen LogP contribution >= 0.6 is 11.6 Å². The minimum absolute atomic E-state index is 0.0551.